The van der Waals surface area contributed by atoms with Crippen molar-refractivity contribution in [3.05, 3.63) is 0 Å². The molecule has 0 amide bonds. The molecule has 0 bridgehead atoms. The van der Waals surface area contributed by atoms with E-state index in [1.54, 1.807) is 0 Å². The van der Waals surface area contributed by atoms with Gasteiger partial charge in [-0.1, -0.05) is 77.0 Å². The Hall–Kier alpha value is -1.06. The maximum atomic E-state index is 7.15. The Bertz CT molecular complexity index is 248. The van der Waals surface area contributed by atoms with Crippen LogP contribution in [0.1, 0.15) is 103 Å². The molecule has 0 aromatic rings. The van der Waals surface area contributed by atoms with Gasteiger partial charge in [0.05, 0.1) is 11.7 Å². The molecule has 0 radical (unpaired) electrons. The van der Waals surface area contributed by atoms with Crippen molar-refractivity contribution in [1.82, 2.24) is 0 Å². The Kier molecular flexibility index (Phi) is 15.5. The first kappa shape index (κ1) is 20.9. The summed E-state index contributed by atoms with van der Waals surface area (Å²) in [7, 11) is 0. The van der Waals surface area contributed by atoms with Crippen LogP contribution in [0, 0.1) is 10.8 Å². The highest BCUT2D eigenvalue weighted by molar-refractivity contribution is 5.76. The zero-order chi connectivity index (χ0) is 16.5. The van der Waals surface area contributed by atoms with E-state index < -0.39 is 0 Å². The number of hydrogen-bond acceptors (Lipinski definition) is 2. The molecular weight excluding hydrogens is 272 g/mol. The van der Waals surface area contributed by atoms with Crippen LogP contribution in [0.4, 0.5) is 0 Å². The molecule has 0 aliphatic heterocycles. The number of unbranched alkanes of at least 4 members (excludes halogenated alkanes) is 13. The van der Waals surface area contributed by atoms with Gasteiger partial charge in [0.2, 0.25) is 0 Å². The molecule has 0 aliphatic rings. The van der Waals surface area contributed by atoms with Gasteiger partial charge in [-0.3, -0.25) is 10.8 Å². The van der Waals surface area contributed by atoms with Gasteiger partial charge in [-0.15, -0.1) is 0 Å². The lowest BCUT2D eigenvalue weighted by molar-refractivity contribution is 0.535. The van der Waals surface area contributed by atoms with Gasteiger partial charge >= 0.3 is 0 Å². The zero-order valence-electron chi connectivity index (χ0n) is 14.5. The van der Waals surface area contributed by atoms with Crippen LogP contribution < -0.4 is 11.5 Å². The molecule has 130 valence electrons. The minimum atomic E-state index is 0.332. The molecule has 22 heavy (non-hydrogen) atoms. The normalized spacial score (nSPS) is 10.7. The zero-order valence-corrected chi connectivity index (χ0v) is 14.5. The number of nitrogens with one attached hydrogen (secondary N) is 2. The molecule has 4 heteroatoms. The van der Waals surface area contributed by atoms with Gasteiger partial charge in [-0.25, -0.2) is 0 Å². The third-order valence-corrected chi connectivity index (χ3v) is 4.14. The second-order valence-corrected chi connectivity index (χ2v) is 6.50. The molecular formula is C18H38N4. The Balaban J connectivity index is 2.99. The first-order chi connectivity index (χ1) is 10.6. The predicted molar refractivity (Wildman–Crippen MR) is 97.7 cm³/mol. The van der Waals surface area contributed by atoms with E-state index in [4.69, 9.17) is 22.3 Å². The minimum Gasteiger partial charge on any atom is -0.388 e. The van der Waals surface area contributed by atoms with Crippen molar-refractivity contribution in [1.29, 1.82) is 10.8 Å². The molecule has 0 fully saturated rings. The highest BCUT2D eigenvalue weighted by Crippen LogP contribution is 2.13. The lowest BCUT2D eigenvalue weighted by Gasteiger charge is -2.03. The average Bonchev–Trinajstić information content (AvgIpc) is 2.46. The summed E-state index contributed by atoms with van der Waals surface area (Å²) in [4.78, 5) is 0. The van der Waals surface area contributed by atoms with Crippen LogP contribution in [0.25, 0.3) is 0 Å². The van der Waals surface area contributed by atoms with E-state index in [2.05, 4.69) is 0 Å². The Morgan fingerprint density at radius 1 is 0.409 bits per heavy atom. The van der Waals surface area contributed by atoms with Crippen LogP contribution >= 0.6 is 0 Å². The van der Waals surface area contributed by atoms with Gasteiger partial charge in [0.25, 0.3) is 0 Å². The third kappa shape index (κ3) is 18.9. The van der Waals surface area contributed by atoms with E-state index in [-0.39, 0.29) is 0 Å². The van der Waals surface area contributed by atoms with Gasteiger partial charge in [0.15, 0.2) is 0 Å². The SMILES string of the molecule is N=C(N)CCCCCCCCCCCCCCCCC(=N)N. The molecule has 4 nitrogen and oxygen atoms in total. The van der Waals surface area contributed by atoms with Gasteiger partial charge in [-0.05, 0) is 12.8 Å². The van der Waals surface area contributed by atoms with Crippen LogP contribution in [0.5, 0.6) is 0 Å². The first-order valence-corrected chi connectivity index (χ1v) is 9.28. The van der Waals surface area contributed by atoms with Crippen molar-refractivity contribution in [2.24, 2.45) is 11.5 Å². The highest BCUT2D eigenvalue weighted by atomic mass is 14.7. The topological polar surface area (TPSA) is 99.7 Å². The third-order valence-electron chi connectivity index (χ3n) is 4.14. The second kappa shape index (κ2) is 16.3. The minimum absolute atomic E-state index is 0.332. The Morgan fingerprint density at radius 2 is 0.591 bits per heavy atom. The monoisotopic (exact) mass is 310 g/mol. The number of nitrogens with two attached hydrogens (primary N) is 2. The van der Waals surface area contributed by atoms with Gasteiger partial charge in [-0.2, -0.15) is 0 Å². The molecule has 0 rings (SSSR count). The molecule has 0 heterocycles. The van der Waals surface area contributed by atoms with E-state index in [9.17, 15) is 0 Å². The number of hydrogen-bond donors (Lipinski definition) is 4. The standard InChI is InChI=1S/C18H38N4/c19-17(20)15-13-11-9-7-5-3-1-2-4-6-8-10-12-14-16-18(21)22/h1-16H2,(H3,19,20)(H3,21,22). The molecule has 0 aliphatic carbocycles. The summed E-state index contributed by atoms with van der Waals surface area (Å²) < 4.78 is 0. The lowest BCUT2D eigenvalue weighted by Crippen LogP contribution is -2.08. The molecule has 0 aromatic heterocycles. The second-order valence-electron chi connectivity index (χ2n) is 6.50. The van der Waals surface area contributed by atoms with Gasteiger partial charge in [0.1, 0.15) is 0 Å². The van der Waals surface area contributed by atoms with Crippen molar-refractivity contribution in [2.75, 3.05) is 0 Å². The summed E-state index contributed by atoms with van der Waals surface area (Å²) in [5.41, 5.74) is 10.7. The van der Waals surface area contributed by atoms with Gasteiger partial charge < -0.3 is 11.5 Å². The summed E-state index contributed by atoms with van der Waals surface area (Å²) in [5, 5.41) is 14.3. The Morgan fingerprint density at radius 3 is 0.773 bits per heavy atom. The van der Waals surface area contributed by atoms with E-state index in [0.717, 1.165) is 25.7 Å². The van der Waals surface area contributed by atoms with Crippen molar-refractivity contribution >= 4 is 11.7 Å². The van der Waals surface area contributed by atoms with Crippen molar-refractivity contribution < 1.29 is 0 Å². The van der Waals surface area contributed by atoms with E-state index in [1.807, 2.05) is 0 Å². The number of amidine groups is 2. The predicted octanol–water partition coefficient (Wildman–Crippen LogP) is 5.10. The number of rotatable bonds is 17. The largest absolute Gasteiger partial charge is 0.388 e. The van der Waals surface area contributed by atoms with Gasteiger partial charge in [0, 0.05) is 12.8 Å². The molecule has 0 unspecified atom stereocenters. The summed E-state index contributed by atoms with van der Waals surface area (Å²) in [6, 6.07) is 0. The van der Waals surface area contributed by atoms with Crippen LogP contribution in [0.2, 0.25) is 0 Å². The van der Waals surface area contributed by atoms with Crippen LogP contribution in [0.15, 0.2) is 0 Å². The molecule has 0 saturated heterocycles. The van der Waals surface area contributed by atoms with Crippen LogP contribution in [0.3, 0.4) is 0 Å². The molecule has 0 saturated carbocycles. The van der Waals surface area contributed by atoms with Crippen molar-refractivity contribution in [2.45, 2.75) is 103 Å². The quantitative estimate of drug-likeness (QED) is 0.171. The average molecular weight is 311 g/mol. The fourth-order valence-electron chi connectivity index (χ4n) is 2.75. The van der Waals surface area contributed by atoms with Crippen LogP contribution in [-0.4, -0.2) is 11.7 Å². The summed E-state index contributed by atoms with van der Waals surface area (Å²) >= 11 is 0. The van der Waals surface area contributed by atoms with E-state index in [0.29, 0.717) is 11.7 Å². The van der Waals surface area contributed by atoms with Crippen molar-refractivity contribution in [3.63, 3.8) is 0 Å². The summed E-state index contributed by atoms with van der Waals surface area (Å²) in [6.07, 6.45) is 19.7. The Labute approximate surface area is 137 Å². The first-order valence-electron chi connectivity index (χ1n) is 9.28. The smallest absolute Gasteiger partial charge is 0.0905 e. The molecule has 6 N–H and O–H groups in total. The maximum absolute atomic E-state index is 7.15. The van der Waals surface area contributed by atoms with E-state index >= 15 is 0 Å². The van der Waals surface area contributed by atoms with Crippen LogP contribution in [-0.2, 0) is 0 Å². The van der Waals surface area contributed by atoms with Crippen molar-refractivity contribution in [3.8, 4) is 0 Å². The molecule has 0 aromatic carbocycles. The fourth-order valence-corrected chi connectivity index (χ4v) is 2.75. The molecule has 0 spiro atoms. The fraction of sp³-hybridized carbons (Fsp3) is 0.889. The van der Waals surface area contributed by atoms with E-state index in [1.165, 1.54) is 77.0 Å². The molecule has 0 atom stereocenters. The highest BCUT2D eigenvalue weighted by Gasteiger charge is 1.95. The summed E-state index contributed by atoms with van der Waals surface area (Å²) in [5.74, 6) is 0.665. The maximum Gasteiger partial charge on any atom is 0.0905 e. The summed E-state index contributed by atoms with van der Waals surface area (Å²) in [6.45, 7) is 0. The lowest BCUT2D eigenvalue weighted by atomic mass is 10.0.